The number of ether oxygens (including phenoxy) is 1. The summed E-state index contributed by atoms with van der Waals surface area (Å²) in [6.45, 7) is 2.52. The van der Waals surface area contributed by atoms with Gasteiger partial charge in [-0.2, -0.15) is 5.10 Å². The largest absolute Gasteiger partial charge is 0.380 e. The first-order valence-electron chi connectivity index (χ1n) is 6.83. The van der Waals surface area contributed by atoms with Gasteiger partial charge in [0.05, 0.1) is 18.0 Å². The third kappa shape index (κ3) is 3.22. The molecule has 1 saturated heterocycles. The van der Waals surface area contributed by atoms with E-state index in [-0.39, 0.29) is 0 Å². The molecule has 0 bridgehead atoms. The Labute approximate surface area is 113 Å². The van der Waals surface area contributed by atoms with E-state index in [4.69, 9.17) is 4.74 Å². The van der Waals surface area contributed by atoms with Crippen molar-refractivity contribution in [1.82, 2.24) is 15.1 Å². The van der Waals surface area contributed by atoms with Crippen LogP contribution >= 0.6 is 0 Å². The van der Waals surface area contributed by atoms with Crippen molar-refractivity contribution in [3.8, 4) is 5.69 Å². The number of benzene rings is 1. The van der Waals surface area contributed by atoms with Gasteiger partial charge in [0.2, 0.25) is 0 Å². The van der Waals surface area contributed by atoms with Crippen molar-refractivity contribution in [3.05, 3.63) is 48.3 Å². The Kier molecular flexibility index (Phi) is 3.91. The minimum atomic E-state index is 0.468. The number of nitrogens with zero attached hydrogens (tertiary/aromatic N) is 2. The van der Waals surface area contributed by atoms with Crippen molar-refractivity contribution in [2.45, 2.75) is 25.4 Å². The van der Waals surface area contributed by atoms with E-state index in [9.17, 15) is 0 Å². The van der Waals surface area contributed by atoms with Gasteiger partial charge in [-0.15, -0.1) is 0 Å². The fourth-order valence-electron chi connectivity index (χ4n) is 2.33. The second kappa shape index (κ2) is 5.99. The lowest BCUT2D eigenvalue weighted by atomic mass is 10.1. The van der Waals surface area contributed by atoms with Crippen LogP contribution in [0.1, 0.15) is 18.5 Å². The molecule has 4 heteroatoms. The van der Waals surface area contributed by atoms with Crippen LogP contribution in [0.4, 0.5) is 0 Å². The van der Waals surface area contributed by atoms with Gasteiger partial charge in [0.25, 0.3) is 0 Å². The first-order valence-corrected chi connectivity index (χ1v) is 6.83. The second-order valence-electron chi connectivity index (χ2n) is 4.88. The molecule has 2 heterocycles. The van der Waals surface area contributed by atoms with E-state index < -0.39 is 0 Å². The molecule has 1 aliphatic rings. The number of hydrogen-bond donors (Lipinski definition) is 1. The molecule has 19 heavy (non-hydrogen) atoms. The molecule has 0 aliphatic carbocycles. The minimum Gasteiger partial charge on any atom is -0.380 e. The zero-order valence-corrected chi connectivity index (χ0v) is 11.0. The van der Waals surface area contributed by atoms with Crippen LogP contribution in [-0.2, 0) is 11.3 Å². The zero-order chi connectivity index (χ0) is 12.9. The molecular weight excluding hydrogens is 238 g/mol. The SMILES string of the molecule is c1ccc(-n2ccc(CNC3CCCOC3)n2)cc1. The summed E-state index contributed by atoms with van der Waals surface area (Å²) in [4.78, 5) is 0. The Bertz CT molecular complexity index is 503. The fraction of sp³-hybridized carbons (Fsp3) is 0.400. The molecule has 0 amide bonds. The molecule has 1 unspecified atom stereocenters. The van der Waals surface area contributed by atoms with Crippen molar-refractivity contribution in [3.63, 3.8) is 0 Å². The van der Waals surface area contributed by atoms with Crippen molar-refractivity contribution in [2.75, 3.05) is 13.2 Å². The molecule has 4 nitrogen and oxygen atoms in total. The predicted octanol–water partition coefficient (Wildman–Crippen LogP) is 2.14. The monoisotopic (exact) mass is 257 g/mol. The lowest BCUT2D eigenvalue weighted by molar-refractivity contribution is 0.0698. The third-order valence-electron chi connectivity index (χ3n) is 3.40. The van der Waals surface area contributed by atoms with Crippen molar-refractivity contribution < 1.29 is 4.74 Å². The highest BCUT2D eigenvalue weighted by Crippen LogP contribution is 2.09. The van der Waals surface area contributed by atoms with Gasteiger partial charge in [0, 0.05) is 25.4 Å². The lowest BCUT2D eigenvalue weighted by Crippen LogP contribution is -2.36. The van der Waals surface area contributed by atoms with Crippen LogP contribution in [0.15, 0.2) is 42.6 Å². The molecule has 0 radical (unpaired) electrons. The Morgan fingerprint density at radius 1 is 1.26 bits per heavy atom. The van der Waals surface area contributed by atoms with Gasteiger partial charge in [-0.1, -0.05) is 18.2 Å². The Morgan fingerprint density at radius 3 is 2.95 bits per heavy atom. The lowest BCUT2D eigenvalue weighted by Gasteiger charge is -2.22. The van der Waals surface area contributed by atoms with Gasteiger partial charge >= 0.3 is 0 Å². The molecule has 2 aromatic rings. The Balaban J connectivity index is 1.59. The topological polar surface area (TPSA) is 39.1 Å². The third-order valence-corrected chi connectivity index (χ3v) is 3.40. The molecule has 1 N–H and O–H groups in total. The van der Waals surface area contributed by atoms with Crippen LogP contribution in [0.2, 0.25) is 0 Å². The number of aromatic nitrogens is 2. The van der Waals surface area contributed by atoms with Gasteiger partial charge in [0.1, 0.15) is 0 Å². The molecule has 1 aromatic heterocycles. The van der Waals surface area contributed by atoms with Crippen molar-refractivity contribution in [1.29, 1.82) is 0 Å². The number of hydrogen-bond acceptors (Lipinski definition) is 3. The van der Waals surface area contributed by atoms with E-state index in [2.05, 4.69) is 28.6 Å². The molecule has 3 rings (SSSR count). The second-order valence-corrected chi connectivity index (χ2v) is 4.88. The smallest absolute Gasteiger partial charge is 0.0766 e. The van der Waals surface area contributed by atoms with Crippen LogP contribution in [-0.4, -0.2) is 29.0 Å². The maximum absolute atomic E-state index is 5.46. The fourth-order valence-corrected chi connectivity index (χ4v) is 2.33. The molecule has 0 spiro atoms. The molecular formula is C15H19N3O. The molecule has 1 aliphatic heterocycles. The van der Waals surface area contributed by atoms with Gasteiger partial charge in [-0.3, -0.25) is 0 Å². The highest BCUT2D eigenvalue weighted by Gasteiger charge is 2.13. The first kappa shape index (κ1) is 12.4. The Morgan fingerprint density at radius 2 is 2.16 bits per heavy atom. The van der Waals surface area contributed by atoms with Crippen LogP contribution in [0.3, 0.4) is 0 Å². The van der Waals surface area contributed by atoms with Gasteiger partial charge in [0.15, 0.2) is 0 Å². The summed E-state index contributed by atoms with van der Waals surface area (Å²) in [5, 5.41) is 8.08. The summed E-state index contributed by atoms with van der Waals surface area (Å²) < 4.78 is 7.37. The summed E-state index contributed by atoms with van der Waals surface area (Å²) in [7, 11) is 0. The molecule has 1 atom stereocenters. The molecule has 1 fully saturated rings. The first-order chi connectivity index (χ1) is 9.42. The maximum atomic E-state index is 5.46. The summed E-state index contributed by atoms with van der Waals surface area (Å²) in [5.41, 5.74) is 2.16. The summed E-state index contributed by atoms with van der Waals surface area (Å²) >= 11 is 0. The van der Waals surface area contributed by atoms with E-state index in [0.29, 0.717) is 6.04 Å². The zero-order valence-electron chi connectivity index (χ0n) is 11.0. The number of nitrogens with one attached hydrogen (secondary N) is 1. The highest BCUT2D eigenvalue weighted by molar-refractivity contribution is 5.30. The summed E-state index contributed by atoms with van der Waals surface area (Å²) in [5.74, 6) is 0. The van der Waals surface area contributed by atoms with E-state index in [1.54, 1.807) is 0 Å². The number of rotatable bonds is 4. The van der Waals surface area contributed by atoms with Crippen molar-refractivity contribution >= 4 is 0 Å². The number of para-hydroxylation sites is 1. The van der Waals surface area contributed by atoms with E-state index in [1.807, 2.05) is 29.1 Å². The van der Waals surface area contributed by atoms with Gasteiger partial charge in [-0.05, 0) is 31.0 Å². The van der Waals surface area contributed by atoms with Crippen LogP contribution in [0.25, 0.3) is 5.69 Å². The van der Waals surface area contributed by atoms with Crippen LogP contribution in [0, 0.1) is 0 Å². The van der Waals surface area contributed by atoms with Gasteiger partial charge in [-0.25, -0.2) is 4.68 Å². The van der Waals surface area contributed by atoms with E-state index in [0.717, 1.165) is 37.6 Å². The Hall–Kier alpha value is -1.65. The normalized spacial score (nSPS) is 19.5. The average Bonchev–Trinajstić information content (AvgIpc) is 2.96. The maximum Gasteiger partial charge on any atom is 0.0766 e. The molecule has 0 saturated carbocycles. The summed E-state index contributed by atoms with van der Waals surface area (Å²) in [6.07, 6.45) is 4.35. The highest BCUT2D eigenvalue weighted by atomic mass is 16.5. The van der Waals surface area contributed by atoms with Gasteiger partial charge < -0.3 is 10.1 Å². The molecule has 100 valence electrons. The van der Waals surface area contributed by atoms with Crippen LogP contribution in [0.5, 0.6) is 0 Å². The van der Waals surface area contributed by atoms with Crippen LogP contribution < -0.4 is 5.32 Å². The van der Waals surface area contributed by atoms with E-state index >= 15 is 0 Å². The van der Waals surface area contributed by atoms with Crippen molar-refractivity contribution in [2.24, 2.45) is 0 Å². The molecule has 1 aromatic carbocycles. The standard InChI is InChI=1S/C15H19N3O/c1-2-6-15(7-3-1)18-9-8-13(17-18)11-16-14-5-4-10-19-12-14/h1-3,6-9,14,16H,4-5,10-12H2. The van der Waals surface area contributed by atoms with E-state index in [1.165, 1.54) is 6.42 Å². The summed E-state index contributed by atoms with van der Waals surface area (Å²) in [6, 6.07) is 12.7. The predicted molar refractivity (Wildman–Crippen MR) is 74.2 cm³/mol. The average molecular weight is 257 g/mol. The minimum absolute atomic E-state index is 0.468. The quantitative estimate of drug-likeness (QED) is 0.912.